The second kappa shape index (κ2) is 12.6. The summed E-state index contributed by atoms with van der Waals surface area (Å²) in [7, 11) is 1.32. The number of nitrogens with zero attached hydrogens (tertiary/aromatic N) is 3. The lowest BCUT2D eigenvalue weighted by molar-refractivity contribution is -0.141. The molecule has 13 heteroatoms. The third-order valence-electron chi connectivity index (χ3n) is 6.63. The molecule has 1 heterocycles. The van der Waals surface area contributed by atoms with Gasteiger partial charge in [-0.2, -0.15) is 18.4 Å². The summed E-state index contributed by atoms with van der Waals surface area (Å²) in [6.45, 7) is 3.27. The fraction of sp³-hybridized carbons (Fsp3) is 0.393. The van der Waals surface area contributed by atoms with Crippen molar-refractivity contribution in [3.8, 4) is 6.07 Å². The van der Waals surface area contributed by atoms with Crippen LogP contribution in [0.3, 0.4) is 0 Å². The molecule has 0 saturated carbocycles. The van der Waals surface area contributed by atoms with Crippen molar-refractivity contribution in [2.45, 2.75) is 57.7 Å². The van der Waals surface area contributed by atoms with Gasteiger partial charge in [0, 0.05) is 18.7 Å². The molecule has 8 nitrogen and oxygen atoms in total. The van der Waals surface area contributed by atoms with Gasteiger partial charge in [0.05, 0.1) is 35.6 Å². The molecule has 2 aromatic rings. The van der Waals surface area contributed by atoms with E-state index in [4.69, 9.17) is 17.5 Å². The summed E-state index contributed by atoms with van der Waals surface area (Å²) in [4.78, 5) is 39.2. The van der Waals surface area contributed by atoms with Gasteiger partial charge in [0.1, 0.15) is 11.4 Å². The van der Waals surface area contributed by atoms with Crippen LogP contribution < -0.4 is 15.1 Å². The van der Waals surface area contributed by atoms with Crippen LogP contribution in [0.1, 0.15) is 67.4 Å². The number of halogens is 4. The lowest BCUT2D eigenvalue weighted by atomic mass is 10.0. The van der Waals surface area contributed by atoms with Crippen molar-refractivity contribution in [2.24, 2.45) is 0 Å². The topological polar surface area (TPSA) is 103 Å². The number of amides is 2. The molecule has 2 amide bonds. The van der Waals surface area contributed by atoms with Crippen LogP contribution in [0.25, 0.3) is 0 Å². The Hall–Kier alpha value is -4.05. The van der Waals surface area contributed by atoms with Gasteiger partial charge in [-0.05, 0) is 75.3 Å². The molecule has 3 rings (SSSR count). The van der Waals surface area contributed by atoms with Gasteiger partial charge < -0.3 is 15.0 Å². The van der Waals surface area contributed by atoms with Crippen molar-refractivity contribution in [1.82, 2.24) is 5.32 Å². The number of alkyl halides is 3. The van der Waals surface area contributed by atoms with E-state index < -0.39 is 40.5 Å². The molecule has 2 aromatic carbocycles. The fourth-order valence-corrected chi connectivity index (χ4v) is 4.96. The number of carbonyl (C=O) groups excluding carboxylic acids is 3. The molecule has 0 atom stereocenters. The van der Waals surface area contributed by atoms with Crippen LogP contribution in [0, 0.1) is 17.1 Å². The molecule has 41 heavy (non-hydrogen) atoms. The Kier molecular flexibility index (Phi) is 9.70. The Morgan fingerprint density at radius 1 is 1.07 bits per heavy atom. The smallest absolute Gasteiger partial charge is 0.417 e. The Labute approximate surface area is 239 Å². The van der Waals surface area contributed by atoms with E-state index in [9.17, 15) is 27.6 Å². The Morgan fingerprint density at radius 3 is 2.34 bits per heavy atom. The summed E-state index contributed by atoms with van der Waals surface area (Å²) in [5, 5.41) is 11.5. The first-order valence-electron chi connectivity index (χ1n) is 12.7. The summed E-state index contributed by atoms with van der Waals surface area (Å²) < 4.78 is 60.3. The minimum Gasteiger partial charge on any atom is -0.469 e. The number of hydrogen-bond donors (Lipinski definition) is 1. The van der Waals surface area contributed by atoms with Crippen molar-refractivity contribution in [3.05, 3.63) is 58.9 Å². The van der Waals surface area contributed by atoms with Crippen molar-refractivity contribution in [3.63, 3.8) is 0 Å². The number of nitrogens with one attached hydrogen (secondary N) is 1. The van der Waals surface area contributed by atoms with Gasteiger partial charge in [0.2, 0.25) is 0 Å². The molecule has 0 unspecified atom stereocenters. The monoisotopic (exact) mass is 592 g/mol. The highest BCUT2D eigenvalue weighted by Crippen LogP contribution is 2.39. The summed E-state index contributed by atoms with van der Waals surface area (Å²) in [6, 6.07) is 7.98. The molecule has 0 radical (unpaired) electrons. The van der Waals surface area contributed by atoms with Crippen molar-refractivity contribution < 1.29 is 36.7 Å². The van der Waals surface area contributed by atoms with E-state index in [2.05, 4.69) is 10.1 Å². The molecule has 1 aliphatic heterocycles. The van der Waals surface area contributed by atoms with Crippen molar-refractivity contribution in [1.29, 1.82) is 5.26 Å². The number of benzene rings is 2. The number of nitriles is 1. The predicted octanol–water partition coefficient (Wildman–Crippen LogP) is 5.49. The zero-order valence-corrected chi connectivity index (χ0v) is 23.4. The van der Waals surface area contributed by atoms with Crippen LogP contribution in [0.5, 0.6) is 0 Å². The molecule has 1 N–H and O–H groups in total. The SMILES string of the molecule is COC(=O)CCCCCCNC(=O)c1ccc(N2C(=S)N(c3ccc(C#N)c(C(F)(F)F)c3)C(=O)C2(C)C)cc1F. The highest BCUT2D eigenvalue weighted by atomic mass is 32.1. The van der Waals surface area contributed by atoms with Crippen LogP contribution in [-0.2, 0) is 20.5 Å². The van der Waals surface area contributed by atoms with E-state index in [0.29, 0.717) is 31.9 Å². The number of carbonyl (C=O) groups is 3. The molecule has 218 valence electrons. The van der Waals surface area contributed by atoms with E-state index in [1.807, 2.05) is 0 Å². The molecule has 0 aromatic heterocycles. The van der Waals surface area contributed by atoms with E-state index in [0.717, 1.165) is 29.9 Å². The van der Waals surface area contributed by atoms with E-state index in [-0.39, 0.29) is 28.0 Å². The average Bonchev–Trinajstić information content (AvgIpc) is 3.09. The quantitative estimate of drug-likeness (QED) is 0.169. The molecule has 0 bridgehead atoms. The summed E-state index contributed by atoms with van der Waals surface area (Å²) in [5.74, 6) is -2.45. The Morgan fingerprint density at radius 2 is 1.73 bits per heavy atom. The molecule has 0 spiro atoms. The van der Waals surface area contributed by atoms with Crippen LogP contribution in [-0.4, -0.2) is 42.1 Å². The first kappa shape index (κ1) is 31.5. The minimum absolute atomic E-state index is 0.125. The van der Waals surface area contributed by atoms with E-state index in [1.165, 1.54) is 50.1 Å². The largest absolute Gasteiger partial charge is 0.469 e. The second-order valence-corrected chi connectivity index (χ2v) is 10.2. The Bertz CT molecular complexity index is 1400. The zero-order chi connectivity index (χ0) is 30.5. The number of methoxy groups -OCH3 is 1. The number of hydrogen-bond acceptors (Lipinski definition) is 6. The van der Waals surface area contributed by atoms with Gasteiger partial charge in [0.15, 0.2) is 5.11 Å². The Balaban J connectivity index is 1.75. The summed E-state index contributed by atoms with van der Waals surface area (Å²) in [6.07, 6.45) is -1.69. The second-order valence-electron chi connectivity index (χ2n) is 9.82. The van der Waals surface area contributed by atoms with Gasteiger partial charge in [-0.1, -0.05) is 12.8 Å². The molecule has 1 saturated heterocycles. The number of anilines is 2. The zero-order valence-electron chi connectivity index (χ0n) is 22.6. The summed E-state index contributed by atoms with van der Waals surface area (Å²) >= 11 is 5.46. The maximum Gasteiger partial charge on any atom is 0.417 e. The van der Waals surface area contributed by atoms with Gasteiger partial charge in [-0.3, -0.25) is 19.3 Å². The minimum atomic E-state index is -4.84. The van der Waals surface area contributed by atoms with Gasteiger partial charge in [0.25, 0.3) is 11.8 Å². The number of ether oxygens (including phenoxy) is 1. The fourth-order valence-electron chi connectivity index (χ4n) is 4.43. The van der Waals surface area contributed by atoms with Crippen molar-refractivity contribution in [2.75, 3.05) is 23.5 Å². The molecular weight excluding hydrogens is 564 g/mol. The van der Waals surface area contributed by atoms with Crippen LogP contribution in [0.15, 0.2) is 36.4 Å². The maximum absolute atomic E-state index is 15.1. The number of esters is 1. The predicted molar refractivity (Wildman–Crippen MR) is 147 cm³/mol. The first-order chi connectivity index (χ1) is 19.2. The molecule has 1 fully saturated rings. The number of thiocarbonyl (C=S) groups is 1. The van der Waals surface area contributed by atoms with Crippen molar-refractivity contribution >= 4 is 46.5 Å². The normalized spacial score (nSPS) is 14.7. The number of unbranched alkanes of at least 4 members (excludes halogenated alkanes) is 3. The lowest BCUT2D eigenvalue weighted by Gasteiger charge is -2.29. The third kappa shape index (κ3) is 6.82. The van der Waals surface area contributed by atoms with E-state index in [1.54, 1.807) is 0 Å². The van der Waals surface area contributed by atoms with E-state index >= 15 is 4.39 Å². The van der Waals surface area contributed by atoms with Crippen LogP contribution >= 0.6 is 12.2 Å². The van der Waals surface area contributed by atoms with Crippen LogP contribution in [0.2, 0.25) is 0 Å². The first-order valence-corrected chi connectivity index (χ1v) is 13.1. The average molecular weight is 593 g/mol. The highest BCUT2D eigenvalue weighted by molar-refractivity contribution is 7.81. The molecule has 0 aliphatic carbocycles. The van der Waals surface area contributed by atoms with Crippen LogP contribution in [0.4, 0.5) is 28.9 Å². The highest BCUT2D eigenvalue weighted by Gasteiger charge is 2.51. The third-order valence-corrected chi connectivity index (χ3v) is 7.00. The standard InChI is InChI=1S/C28H28F4N4O4S/c1-27(2)25(39)35(18-10-9-17(16-33)21(14-18)28(30,31)32)26(41)36(27)19-11-12-20(22(29)15-19)24(38)34-13-7-5-4-6-8-23(37)40-3/h9-12,14-15H,4-8,13H2,1-3H3,(H,34,38). The molecule has 1 aliphatic rings. The molecular formula is C28H28F4N4O4S. The maximum atomic E-state index is 15.1. The number of rotatable bonds is 10. The lowest BCUT2D eigenvalue weighted by Crippen LogP contribution is -2.44. The van der Waals surface area contributed by atoms with Gasteiger partial charge >= 0.3 is 12.1 Å². The van der Waals surface area contributed by atoms with Gasteiger partial charge in [-0.15, -0.1) is 0 Å². The van der Waals surface area contributed by atoms with Gasteiger partial charge in [-0.25, -0.2) is 4.39 Å². The summed E-state index contributed by atoms with van der Waals surface area (Å²) in [5.41, 5.74) is -3.53.